The van der Waals surface area contributed by atoms with E-state index in [1.54, 1.807) is 40.9 Å². The average Bonchev–Trinajstić information content (AvgIpc) is 3.54. The topological polar surface area (TPSA) is 91.4 Å². The summed E-state index contributed by atoms with van der Waals surface area (Å²) in [6, 6.07) is 18.9. The molecule has 0 fully saturated rings. The highest BCUT2D eigenvalue weighted by Crippen LogP contribution is 2.46. The lowest BCUT2D eigenvalue weighted by Gasteiger charge is -2.26. The van der Waals surface area contributed by atoms with Crippen LogP contribution in [0.25, 0.3) is 20.8 Å². The van der Waals surface area contributed by atoms with Crippen molar-refractivity contribution in [2.45, 2.75) is 31.2 Å². The lowest BCUT2D eigenvalue weighted by atomic mass is 10.0. The SMILES string of the molecule is CCCN1CCc2c(sc(NC(=O)c3ccccc3NS(=O)(=O)c3ccc(F)cc3)c2-c2nc3ccccc3s2)C1.Cl. The van der Waals surface area contributed by atoms with Crippen LogP contribution in [0.5, 0.6) is 0 Å². The number of benzene rings is 3. The number of carbonyl (C=O) groups excluding carboxylic acids is 1. The number of thiophene rings is 1. The van der Waals surface area contributed by atoms with Crippen molar-refractivity contribution >= 4 is 71.9 Å². The fourth-order valence-corrected chi connectivity index (χ4v) is 8.49. The maximum Gasteiger partial charge on any atom is 0.261 e. The molecular formula is C30H28ClFN4O3S3. The summed E-state index contributed by atoms with van der Waals surface area (Å²) in [7, 11) is -4.05. The molecule has 0 saturated carbocycles. The number of aromatic nitrogens is 1. The Labute approximate surface area is 257 Å². The number of hydrogen-bond donors (Lipinski definition) is 2. The molecule has 42 heavy (non-hydrogen) atoms. The van der Waals surface area contributed by atoms with Crippen LogP contribution >= 0.6 is 35.1 Å². The fourth-order valence-electron chi connectivity index (χ4n) is 5.01. The zero-order valence-corrected chi connectivity index (χ0v) is 25.9. The Bertz CT molecular complexity index is 1820. The molecule has 2 aromatic heterocycles. The van der Waals surface area contributed by atoms with Crippen molar-refractivity contribution in [2.75, 3.05) is 23.1 Å². The van der Waals surface area contributed by atoms with E-state index >= 15 is 0 Å². The second-order valence-electron chi connectivity index (χ2n) is 9.78. The van der Waals surface area contributed by atoms with E-state index in [0.717, 1.165) is 65.4 Å². The number of fused-ring (bicyclic) bond motifs is 2. The molecule has 1 aliphatic heterocycles. The highest BCUT2D eigenvalue weighted by atomic mass is 35.5. The summed E-state index contributed by atoms with van der Waals surface area (Å²) in [4.78, 5) is 22.2. The van der Waals surface area contributed by atoms with Crippen molar-refractivity contribution in [1.82, 2.24) is 9.88 Å². The van der Waals surface area contributed by atoms with Crippen LogP contribution in [0.2, 0.25) is 0 Å². The molecule has 6 rings (SSSR count). The predicted molar refractivity (Wildman–Crippen MR) is 171 cm³/mol. The fraction of sp³-hybridized carbons (Fsp3) is 0.200. The van der Waals surface area contributed by atoms with Crippen LogP contribution in [-0.4, -0.2) is 37.3 Å². The molecule has 3 aromatic carbocycles. The van der Waals surface area contributed by atoms with Gasteiger partial charge in [0, 0.05) is 23.5 Å². The summed E-state index contributed by atoms with van der Waals surface area (Å²) in [5.74, 6) is -0.974. The van der Waals surface area contributed by atoms with Gasteiger partial charge in [0.15, 0.2) is 0 Å². The largest absolute Gasteiger partial charge is 0.313 e. The smallest absolute Gasteiger partial charge is 0.261 e. The zero-order chi connectivity index (χ0) is 28.6. The number of hydrogen-bond acceptors (Lipinski definition) is 7. The van der Waals surface area contributed by atoms with Gasteiger partial charge in [-0.05, 0) is 73.5 Å². The van der Waals surface area contributed by atoms with Crippen LogP contribution in [0.4, 0.5) is 15.1 Å². The molecule has 0 unspecified atom stereocenters. The van der Waals surface area contributed by atoms with Crippen molar-refractivity contribution in [3.63, 3.8) is 0 Å². The summed E-state index contributed by atoms with van der Waals surface area (Å²) in [5, 5.41) is 4.65. The van der Waals surface area contributed by atoms with Gasteiger partial charge in [-0.2, -0.15) is 0 Å². The molecule has 7 nitrogen and oxygen atoms in total. The molecule has 3 heterocycles. The van der Waals surface area contributed by atoms with Crippen molar-refractivity contribution < 1.29 is 17.6 Å². The molecule has 0 saturated heterocycles. The van der Waals surface area contributed by atoms with Gasteiger partial charge in [-0.3, -0.25) is 14.4 Å². The second kappa shape index (κ2) is 12.5. The quantitative estimate of drug-likeness (QED) is 0.184. The first-order valence-electron chi connectivity index (χ1n) is 13.2. The van der Waals surface area contributed by atoms with Gasteiger partial charge in [-0.15, -0.1) is 35.1 Å². The number of nitrogens with one attached hydrogen (secondary N) is 2. The number of thiazole rings is 1. The highest BCUT2D eigenvalue weighted by Gasteiger charge is 2.28. The minimum Gasteiger partial charge on any atom is -0.313 e. The van der Waals surface area contributed by atoms with Gasteiger partial charge < -0.3 is 5.32 Å². The number of nitrogens with zero attached hydrogens (tertiary/aromatic N) is 2. The third kappa shape index (κ3) is 6.06. The number of amides is 1. The van der Waals surface area contributed by atoms with E-state index < -0.39 is 21.7 Å². The van der Waals surface area contributed by atoms with Crippen LogP contribution in [0.15, 0.2) is 77.7 Å². The monoisotopic (exact) mass is 642 g/mol. The first kappa shape index (κ1) is 30.1. The van der Waals surface area contributed by atoms with Gasteiger partial charge in [-0.25, -0.2) is 17.8 Å². The Kier molecular flexibility index (Phi) is 8.95. The summed E-state index contributed by atoms with van der Waals surface area (Å²) in [6.45, 7) is 4.94. The summed E-state index contributed by atoms with van der Waals surface area (Å²) in [6.07, 6.45) is 1.93. The van der Waals surface area contributed by atoms with Gasteiger partial charge in [0.2, 0.25) is 0 Å². The summed E-state index contributed by atoms with van der Waals surface area (Å²) < 4.78 is 43.0. The average molecular weight is 643 g/mol. The van der Waals surface area contributed by atoms with E-state index in [-0.39, 0.29) is 28.6 Å². The Hall–Kier alpha value is -3.35. The Morgan fingerprint density at radius 3 is 2.52 bits per heavy atom. The molecule has 0 atom stereocenters. The van der Waals surface area contributed by atoms with E-state index in [1.165, 1.54) is 28.6 Å². The normalized spacial score (nSPS) is 13.4. The van der Waals surface area contributed by atoms with Gasteiger partial charge >= 0.3 is 0 Å². The van der Waals surface area contributed by atoms with Crippen molar-refractivity contribution in [3.05, 3.63) is 94.6 Å². The number of sulfonamides is 1. The summed E-state index contributed by atoms with van der Waals surface area (Å²) >= 11 is 3.15. The van der Waals surface area contributed by atoms with Crippen LogP contribution in [-0.2, 0) is 23.0 Å². The molecule has 0 spiro atoms. The predicted octanol–water partition coefficient (Wildman–Crippen LogP) is 7.41. The number of carbonyl (C=O) groups is 1. The van der Waals surface area contributed by atoms with Crippen molar-refractivity contribution in [1.29, 1.82) is 0 Å². The molecule has 5 aromatic rings. The molecule has 0 aliphatic carbocycles. The van der Waals surface area contributed by atoms with E-state index in [0.29, 0.717) is 5.00 Å². The first-order chi connectivity index (χ1) is 19.8. The zero-order valence-electron chi connectivity index (χ0n) is 22.6. The molecule has 12 heteroatoms. The maximum atomic E-state index is 13.7. The minimum absolute atomic E-state index is 0. The maximum absolute atomic E-state index is 13.7. The lowest BCUT2D eigenvalue weighted by Crippen LogP contribution is -2.30. The number of anilines is 2. The van der Waals surface area contributed by atoms with Crippen LogP contribution < -0.4 is 10.0 Å². The van der Waals surface area contributed by atoms with E-state index in [9.17, 15) is 17.6 Å². The number of rotatable bonds is 8. The molecule has 1 amide bonds. The van der Waals surface area contributed by atoms with E-state index in [4.69, 9.17) is 4.98 Å². The van der Waals surface area contributed by atoms with Crippen molar-refractivity contribution in [2.24, 2.45) is 0 Å². The Balaban J connectivity index is 0.00000353. The lowest BCUT2D eigenvalue weighted by molar-refractivity contribution is 0.102. The molecule has 0 bridgehead atoms. The standard InChI is InChI=1S/C30H27FN4O3S3.ClH/c1-2-16-35-17-15-22-26(18-35)40-30(27(22)29-32-24-9-5-6-10-25(24)39-29)33-28(36)21-7-3-4-8-23(21)34-41(37,38)20-13-11-19(31)12-14-20;/h3-14,34H,2,15-18H2,1H3,(H,33,36);1H. The highest BCUT2D eigenvalue weighted by molar-refractivity contribution is 7.92. The van der Waals surface area contributed by atoms with E-state index in [1.807, 2.05) is 24.3 Å². The first-order valence-corrected chi connectivity index (χ1v) is 16.4. The Morgan fingerprint density at radius 2 is 1.76 bits per heavy atom. The van der Waals surface area contributed by atoms with Gasteiger partial charge in [0.1, 0.15) is 15.8 Å². The number of halogens is 2. The molecule has 1 aliphatic rings. The van der Waals surface area contributed by atoms with Gasteiger partial charge in [0.25, 0.3) is 15.9 Å². The van der Waals surface area contributed by atoms with Crippen LogP contribution in [0.3, 0.4) is 0 Å². The second-order valence-corrected chi connectivity index (χ2v) is 13.6. The third-order valence-corrected chi connectivity index (χ3v) is 10.5. The van der Waals surface area contributed by atoms with Gasteiger partial charge in [0.05, 0.1) is 26.4 Å². The third-order valence-electron chi connectivity index (χ3n) is 6.95. The minimum atomic E-state index is -4.05. The van der Waals surface area contributed by atoms with Crippen LogP contribution in [0.1, 0.15) is 34.1 Å². The molecular weight excluding hydrogens is 615 g/mol. The Morgan fingerprint density at radius 1 is 1.02 bits per heavy atom. The van der Waals surface area contributed by atoms with Crippen LogP contribution in [0, 0.1) is 5.82 Å². The van der Waals surface area contributed by atoms with Gasteiger partial charge in [-0.1, -0.05) is 31.2 Å². The van der Waals surface area contributed by atoms with Crippen molar-refractivity contribution in [3.8, 4) is 10.6 Å². The molecule has 218 valence electrons. The molecule has 2 N–H and O–H groups in total. The van der Waals surface area contributed by atoms with E-state index in [2.05, 4.69) is 21.9 Å². The number of para-hydroxylation sites is 2. The molecule has 0 radical (unpaired) electrons. The summed E-state index contributed by atoms with van der Waals surface area (Å²) in [5.41, 5.74) is 3.37.